The average molecular weight is 466 g/mol. The van der Waals surface area contributed by atoms with Crippen LogP contribution in [0.3, 0.4) is 0 Å². The Hall–Kier alpha value is -3.21. The molecule has 8 nitrogen and oxygen atoms in total. The molecular weight excluding hydrogens is 447 g/mol. The van der Waals surface area contributed by atoms with Gasteiger partial charge in [0.1, 0.15) is 5.82 Å². The van der Waals surface area contributed by atoms with Crippen LogP contribution in [0.2, 0.25) is 5.02 Å². The Morgan fingerprint density at radius 1 is 1.22 bits per heavy atom. The standard InChI is InChI=1S/C20H19ClF3N7O/c1-19(30-17-11-25-16(10-26-17)20(22,23)24)6-2-3-15(19)29-18(32)13-9-12(21)4-5-14(13)31-27-7-8-28-31/h4-5,7-11,15H,2-3,6H2,1H3,(H,26,30)(H,29,32). The zero-order valence-electron chi connectivity index (χ0n) is 16.9. The maximum atomic E-state index is 13.1. The van der Waals surface area contributed by atoms with Crippen LogP contribution in [0.25, 0.3) is 5.69 Å². The van der Waals surface area contributed by atoms with E-state index in [-0.39, 0.29) is 17.8 Å². The van der Waals surface area contributed by atoms with E-state index in [0.717, 1.165) is 12.6 Å². The van der Waals surface area contributed by atoms with Gasteiger partial charge in [-0.2, -0.15) is 28.2 Å². The lowest BCUT2D eigenvalue weighted by Crippen LogP contribution is -2.52. The van der Waals surface area contributed by atoms with Gasteiger partial charge in [0.2, 0.25) is 0 Å². The number of halogens is 4. The highest BCUT2D eigenvalue weighted by molar-refractivity contribution is 6.31. The van der Waals surface area contributed by atoms with Crippen LogP contribution < -0.4 is 10.6 Å². The number of alkyl halides is 3. The van der Waals surface area contributed by atoms with Gasteiger partial charge in [-0.05, 0) is 44.4 Å². The van der Waals surface area contributed by atoms with Crippen molar-refractivity contribution in [2.24, 2.45) is 0 Å². The summed E-state index contributed by atoms with van der Waals surface area (Å²) in [6.07, 6.45) is 2.35. The minimum Gasteiger partial charge on any atom is -0.362 e. The lowest BCUT2D eigenvalue weighted by molar-refractivity contribution is -0.141. The van der Waals surface area contributed by atoms with Crippen molar-refractivity contribution in [1.82, 2.24) is 30.3 Å². The van der Waals surface area contributed by atoms with E-state index in [1.165, 1.54) is 23.3 Å². The molecule has 2 heterocycles. The Kier molecular flexibility index (Phi) is 5.76. The summed E-state index contributed by atoms with van der Waals surface area (Å²) in [4.78, 5) is 21.8. The summed E-state index contributed by atoms with van der Waals surface area (Å²) in [7, 11) is 0. The molecule has 1 aliphatic rings. The van der Waals surface area contributed by atoms with Gasteiger partial charge in [-0.3, -0.25) is 4.79 Å². The van der Waals surface area contributed by atoms with Crippen LogP contribution >= 0.6 is 11.6 Å². The van der Waals surface area contributed by atoms with E-state index in [1.54, 1.807) is 12.1 Å². The molecule has 12 heteroatoms. The topological polar surface area (TPSA) is 97.6 Å². The van der Waals surface area contributed by atoms with E-state index in [0.29, 0.717) is 35.3 Å². The molecular formula is C20H19ClF3N7O. The Morgan fingerprint density at radius 3 is 2.62 bits per heavy atom. The van der Waals surface area contributed by atoms with Crippen LogP contribution in [0.4, 0.5) is 19.0 Å². The summed E-state index contributed by atoms with van der Waals surface area (Å²) in [5, 5.41) is 14.7. The third kappa shape index (κ3) is 4.52. The molecule has 168 valence electrons. The number of hydrogen-bond donors (Lipinski definition) is 2. The number of nitrogens with one attached hydrogen (secondary N) is 2. The van der Waals surface area contributed by atoms with Crippen molar-refractivity contribution < 1.29 is 18.0 Å². The monoisotopic (exact) mass is 465 g/mol. The molecule has 2 unspecified atom stereocenters. The predicted molar refractivity (Wildman–Crippen MR) is 111 cm³/mol. The van der Waals surface area contributed by atoms with Gasteiger partial charge >= 0.3 is 6.18 Å². The molecule has 2 aromatic heterocycles. The fourth-order valence-electron chi connectivity index (χ4n) is 3.82. The molecule has 1 aromatic carbocycles. The molecule has 1 amide bonds. The Labute approximate surface area is 186 Å². The number of carbonyl (C=O) groups is 1. The molecule has 0 aliphatic heterocycles. The third-order valence-electron chi connectivity index (χ3n) is 5.46. The summed E-state index contributed by atoms with van der Waals surface area (Å²) in [5.41, 5.74) is -0.923. The number of carbonyl (C=O) groups excluding carboxylic acids is 1. The fourth-order valence-corrected chi connectivity index (χ4v) is 3.99. The molecule has 2 atom stereocenters. The number of amides is 1. The molecule has 1 aliphatic carbocycles. The van der Waals surface area contributed by atoms with E-state index in [2.05, 4.69) is 30.8 Å². The van der Waals surface area contributed by atoms with E-state index in [4.69, 9.17) is 11.6 Å². The van der Waals surface area contributed by atoms with Crippen LogP contribution in [-0.4, -0.2) is 42.4 Å². The highest BCUT2D eigenvalue weighted by Gasteiger charge is 2.41. The molecule has 1 saturated carbocycles. The average Bonchev–Trinajstić information content (AvgIpc) is 3.38. The molecule has 2 N–H and O–H groups in total. The number of rotatable bonds is 5. The summed E-state index contributed by atoms with van der Waals surface area (Å²) < 4.78 is 38.2. The molecule has 0 bridgehead atoms. The number of benzene rings is 1. The first-order valence-corrected chi connectivity index (χ1v) is 10.2. The maximum Gasteiger partial charge on any atom is 0.434 e. The SMILES string of the molecule is CC1(Nc2cnc(C(F)(F)F)cn2)CCCC1NC(=O)c1cc(Cl)ccc1-n1nccn1. The zero-order valence-corrected chi connectivity index (χ0v) is 17.7. The van der Waals surface area contributed by atoms with Crippen molar-refractivity contribution >= 4 is 23.3 Å². The van der Waals surface area contributed by atoms with E-state index >= 15 is 0 Å². The van der Waals surface area contributed by atoms with Crippen LogP contribution in [0.5, 0.6) is 0 Å². The lowest BCUT2D eigenvalue weighted by atomic mass is 9.95. The predicted octanol–water partition coefficient (Wildman–Crippen LogP) is 3.88. The van der Waals surface area contributed by atoms with Crippen molar-refractivity contribution in [3.05, 3.63) is 59.3 Å². The molecule has 0 spiro atoms. The first kappa shape index (κ1) is 22.0. The smallest absolute Gasteiger partial charge is 0.362 e. The van der Waals surface area contributed by atoms with Gasteiger partial charge in [0.25, 0.3) is 5.91 Å². The van der Waals surface area contributed by atoms with Crippen LogP contribution in [0, 0.1) is 0 Å². The van der Waals surface area contributed by atoms with Gasteiger partial charge in [-0.15, -0.1) is 0 Å². The molecule has 0 radical (unpaired) electrons. The second-order valence-electron chi connectivity index (χ2n) is 7.73. The first-order chi connectivity index (χ1) is 15.2. The number of hydrogen-bond acceptors (Lipinski definition) is 6. The van der Waals surface area contributed by atoms with Crippen molar-refractivity contribution in [2.45, 2.75) is 43.9 Å². The quantitative estimate of drug-likeness (QED) is 0.593. The van der Waals surface area contributed by atoms with E-state index in [9.17, 15) is 18.0 Å². The number of nitrogens with zero attached hydrogens (tertiary/aromatic N) is 5. The van der Waals surface area contributed by atoms with Crippen LogP contribution in [0.1, 0.15) is 42.2 Å². The molecule has 3 aromatic rings. The Balaban J connectivity index is 1.53. The molecule has 32 heavy (non-hydrogen) atoms. The third-order valence-corrected chi connectivity index (χ3v) is 5.69. The van der Waals surface area contributed by atoms with E-state index < -0.39 is 17.4 Å². The van der Waals surface area contributed by atoms with Gasteiger partial charge < -0.3 is 10.6 Å². The normalized spacial score (nSPS) is 20.8. The van der Waals surface area contributed by atoms with E-state index in [1.807, 2.05) is 6.92 Å². The van der Waals surface area contributed by atoms with Crippen molar-refractivity contribution in [1.29, 1.82) is 0 Å². The summed E-state index contributed by atoms with van der Waals surface area (Å²) in [5.74, 6) is -0.163. The molecule has 0 saturated heterocycles. The number of aromatic nitrogens is 5. The Bertz CT molecular complexity index is 1110. The van der Waals surface area contributed by atoms with Crippen molar-refractivity contribution in [2.75, 3.05) is 5.32 Å². The zero-order chi connectivity index (χ0) is 22.9. The van der Waals surface area contributed by atoms with Crippen molar-refractivity contribution in [3.63, 3.8) is 0 Å². The van der Waals surface area contributed by atoms with Crippen LogP contribution in [-0.2, 0) is 6.18 Å². The van der Waals surface area contributed by atoms with Gasteiger partial charge in [0, 0.05) is 5.02 Å². The fraction of sp³-hybridized carbons (Fsp3) is 0.350. The summed E-state index contributed by atoms with van der Waals surface area (Å²) in [6.45, 7) is 1.89. The molecule has 1 fully saturated rings. The van der Waals surface area contributed by atoms with Gasteiger partial charge in [0.05, 0.1) is 47.6 Å². The van der Waals surface area contributed by atoms with Gasteiger partial charge in [0.15, 0.2) is 5.69 Å². The van der Waals surface area contributed by atoms with Crippen LogP contribution in [0.15, 0.2) is 43.0 Å². The minimum atomic E-state index is -4.56. The van der Waals surface area contributed by atoms with Gasteiger partial charge in [-0.25, -0.2) is 9.97 Å². The lowest BCUT2D eigenvalue weighted by Gasteiger charge is -2.34. The van der Waals surface area contributed by atoms with Gasteiger partial charge in [-0.1, -0.05) is 11.6 Å². The molecule has 4 rings (SSSR count). The second-order valence-corrected chi connectivity index (χ2v) is 8.16. The first-order valence-electron chi connectivity index (χ1n) is 9.80. The largest absolute Gasteiger partial charge is 0.434 e. The maximum absolute atomic E-state index is 13.1. The number of anilines is 1. The highest BCUT2D eigenvalue weighted by Crippen LogP contribution is 2.34. The minimum absolute atomic E-state index is 0.200. The summed E-state index contributed by atoms with van der Waals surface area (Å²) in [6, 6.07) is 4.52. The summed E-state index contributed by atoms with van der Waals surface area (Å²) >= 11 is 6.11. The highest BCUT2D eigenvalue weighted by atomic mass is 35.5. The van der Waals surface area contributed by atoms with Crippen molar-refractivity contribution in [3.8, 4) is 5.69 Å². The second kappa shape index (κ2) is 8.38. The Morgan fingerprint density at radius 2 is 1.97 bits per heavy atom.